The van der Waals surface area contributed by atoms with Crippen molar-refractivity contribution >= 4 is 33.0 Å². The summed E-state index contributed by atoms with van der Waals surface area (Å²) in [7, 11) is -1.64. The van der Waals surface area contributed by atoms with Gasteiger partial charge in [0.15, 0.2) is 11.6 Å². The molecule has 2 heterocycles. The molecule has 0 atom stereocenters. The van der Waals surface area contributed by atoms with E-state index in [0.29, 0.717) is 0 Å². The summed E-state index contributed by atoms with van der Waals surface area (Å²) in [5.74, 6) is 0.946. The van der Waals surface area contributed by atoms with Crippen LogP contribution in [0.25, 0.3) is 0 Å². The van der Waals surface area contributed by atoms with Crippen molar-refractivity contribution < 1.29 is 8.42 Å². The highest BCUT2D eigenvalue weighted by Crippen LogP contribution is 2.23. The third-order valence-electron chi connectivity index (χ3n) is 3.11. The van der Waals surface area contributed by atoms with E-state index in [1.807, 2.05) is 18.9 Å². The minimum atomic E-state index is -3.59. The molecular formula is C14H20N4O2S2. The van der Waals surface area contributed by atoms with Gasteiger partial charge in [-0.05, 0) is 37.6 Å². The van der Waals surface area contributed by atoms with E-state index < -0.39 is 10.0 Å². The van der Waals surface area contributed by atoms with E-state index in [9.17, 15) is 8.42 Å². The molecule has 0 spiro atoms. The van der Waals surface area contributed by atoms with Crippen molar-refractivity contribution in [3.8, 4) is 0 Å². The summed E-state index contributed by atoms with van der Waals surface area (Å²) in [6.07, 6.45) is 2.18. The fourth-order valence-electron chi connectivity index (χ4n) is 1.84. The first-order chi connectivity index (χ1) is 10.4. The lowest BCUT2D eigenvalue weighted by atomic mass is 10.3. The monoisotopic (exact) mass is 340 g/mol. The first-order valence-corrected chi connectivity index (χ1v) is 9.36. The van der Waals surface area contributed by atoms with Gasteiger partial charge in [-0.2, -0.15) is 0 Å². The van der Waals surface area contributed by atoms with E-state index in [0.717, 1.165) is 30.1 Å². The molecule has 0 saturated heterocycles. The Balaban J connectivity index is 2.08. The average Bonchev–Trinajstić information content (AvgIpc) is 2.92. The molecule has 0 amide bonds. The normalized spacial score (nSPS) is 11.4. The topological polar surface area (TPSA) is 75.2 Å². The number of hydrogen-bond acceptors (Lipinski definition) is 6. The summed E-state index contributed by atoms with van der Waals surface area (Å²) in [6, 6.07) is 6.75. The molecule has 6 nitrogen and oxygen atoms in total. The van der Waals surface area contributed by atoms with Crippen LogP contribution < -0.4 is 9.62 Å². The van der Waals surface area contributed by atoms with E-state index >= 15 is 0 Å². The summed E-state index contributed by atoms with van der Waals surface area (Å²) < 4.78 is 27.1. The van der Waals surface area contributed by atoms with Crippen LogP contribution in [0.1, 0.15) is 24.6 Å². The molecule has 0 aliphatic carbocycles. The Kier molecular flexibility index (Phi) is 5.36. The summed E-state index contributed by atoms with van der Waals surface area (Å²) in [5, 5.41) is 8.01. The molecule has 0 fully saturated rings. The van der Waals surface area contributed by atoms with E-state index in [2.05, 4.69) is 21.8 Å². The number of sulfonamides is 1. The maximum atomic E-state index is 12.2. The number of nitrogens with one attached hydrogen (secondary N) is 1. The van der Waals surface area contributed by atoms with Crippen LogP contribution in [0.3, 0.4) is 0 Å². The molecule has 0 aliphatic heterocycles. The molecule has 2 rings (SSSR count). The van der Waals surface area contributed by atoms with Crippen LogP contribution in [0.15, 0.2) is 28.5 Å². The summed E-state index contributed by atoms with van der Waals surface area (Å²) in [6.45, 7) is 4.89. The van der Waals surface area contributed by atoms with E-state index in [1.165, 1.54) is 11.3 Å². The lowest BCUT2D eigenvalue weighted by Crippen LogP contribution is -2.20. The van der Waals surface area contributed by atoms with Gasteiger partial charge < -0.3 is 4.90 Å². The number of unbranched alkanes of at least 4 members (excludes halogenated alkanes) is 1. The molecule has 8 heteroatoms. The van der Waals surface area contributed by atoms with Gasteiger partial charge in [-0.1, -0.05) is 13.3 Å². The molecule has 0 unspecified atom stereocenters. The van der Waals surface area contributed by atoms with Crippen LogP contribution in [0, 0.1) is 6.92 Å². The van der Waals surface area contributed by atoms with Crippen molar-refractivity contribution in [1.29, 1.82) is 0 Å². The Morgan fingerprint density at radius 1 is 1.23 bits per heavy atom. The Labute approximate surface area is 135 Å². The summed E-state index contributed by atoms with van der Waals surface area (Å²) in [4.78, 5) is 2.94. The van der Waals surface area contributed by atoms with Gasteiger partial charge in [0.25, 0.3) is 10.0 Å². The smallest absolute Gasteiger partial charge is 0.272 e. The van der Waals surface area contributed by atoms with Crippen LogP contribution in [0.5, 0.6) is 0 Å². The van der Waals surface area contributed by atoms with Crippen molar-refractivity contribution in [3.05, 3.63) is 29.1 Å². The third kappa shape index (κ3) is 4.17. The van der Waals surface area contributed by atoms with Gasteiger partial charge in [-0.15, -0.1) is 21.5 Å². The van der Waals surface area contributed by atoms with Crippen molar-refractivity contribution in [3.63, 3.8) is 0 Å². The molecular weight excluding hydrogens is 320 g/mol. The van der Waals surface area contributed by atoms with Gasteiger partial charge in [0, 0.05) is 18.5 Å². The van der Waals surface area contributed by atoms with Gasteiger partial charge in [0.05, 0.1) is 0 Å². The zero-order valence-corrected chi connectivity index (χ0v) is 14.5. The first-order valence-electron chi connectivity index (χ1n) is 7.06. The molecule has 0 bridgehead atoms. The highest BCUT2D eigenvalue weighted by atomic mass is 32.2. The maximum absolute atomic E-state index is 12.2. The maximum Gasteiger partial charge on any atom is 0.272 e. The fourth-order valence-corrected chi connectivity index (χ4v) is 4.12. The standard InChI is InChI=1S/C14H20N4O2S2/c1-4-5-10-18(3)13-8-7-12(15-16-13)17-22(19,20)14-9-6-11(2)21-14/h6-9H,4-5,10H2,1-3H3,(H,15,17). The molecule has 0 saturated carbocycles. The van der Waals surface area contributed by atoms with Gasteiger partial charge in [0.2, 0.25) is 0 Å². The van der Waals surface area contributed by atoms with E-state index in [4.69, 9.17) is 0 Å². The Morgan fingerprint density at radius 3 is 2.55 bits per heavy atom. The van der Waals surface area contributed by atoms with E-state index in [1.54, 1.807) is 24.3 Å². The van der Waals surface area contributed by atoms with Gasteiger partial charge in [-0.25, -0.2) is 8.42 Å². The Bertz CT molecular complexity index is 711. The summed E-state index contributed by atoms with van der Waals surface area (Å²) >= 11 is 1.22. The van der Waals surface area contributed by atoms with Crippen molar-refractivity contribution in [2.24, 2.45) is 0 Å². The number of nitrogens with zero attached hydrogens (tertiary/aromatic N) is 3. The van der Waals surface area contributed by atoms with Gasteiger partial charge in [0.1, 0.15) is 4.21 Å². The molecule has 22 heavy (non-hydrogen) atoms. The fraction of sp³-hybridized carbons (Fsp3) is 0.429. The highest BCUT2D eigenvalue weighted by Gasteiger charge is 2.17. The molecule has 120 valence electrons. The van der Waals surface area contributed by atoms with Crippen LogP contribution in [-0.4, -0.2) is 32.2 Å². The number of anilines is 2. The predicted octanol–water partition coefficient (Wildman–Crippen LogP) is 2.88. The minimum absolute atomic E-state index is 0.221. The van der Waals surface area contributed by atoms with Crippen LogP contribution >= 0.6 is 11.3 Å². The lowest BCUT2D eigenvalue weighted by Gasteiger charge is -2.17. The van der Waals surface area contributed by atoms with Gasteiger partial charge in [-0.3, -0.25) is 4.72 Å². The van der Waals surface area contributed by atoms with Crippen molar-refractivity contribution in [2.45, 2.75) is 30.9 Å². The van der Waals surface area contributed by atoms with Crippen molar-refractivity contribution in [2.75, 3.05) is 23.2 Å². The zero-order chi connectivity index (χ0) is 16.2. The number of aryl methyl sites for hydroxylation is 1. The highest BCUT2D eigenvalue weighted by molar-refractivity contribution is 7.94. The minimum Gasteiger partial charge on any atom is -0.358 e. The Hall–Kier alpha value is -1.67. The third-order valence-corrected chi connectivity index (χ3v) is 5.96. The largest absolute Gasteiger partial charge is 0.358 e. The molecule has 0 aliphatic rings. The summed E-state index contributed by atoms with van der Waals surface area (Å²) in [5.41, 5.74) is 0. The van der Waals surface area contributed by atoms with Crippen molar-refractivity contribution in [1.82, 2.24) is 10.2 Å². The SMILES string of the molecule is CCCCN(C)c1ccc(NS(=O)(=O)c2ccc(C)s2)nn1. The quantitative estimate of drug-likeness (QED) is 0.839. The first kappa shape index (κ1) is 16.7. The number of rotatable bonds is 7. The van der Waals surface area contributed by atoms with Gasteiger partial charge >= 0.3 is 0 Å². The van der Waals surface area contributed by atoms with Crippen LogP contribution in [-0.2, 0) is 10.0 Å². The molecule has 2 aromatic heterocycles. The molecule has 2 aromatic rings. The molecule has 1 N–H and O–H groups in total. The number of hydrogen-bond donors (Lipinski definition) is 1. The zero-order valence-electron chi connectivity index (χ0n) is 12.9. The second-order valence-electron chi connectivity index (χ2n) is 5.02. The number of thiophene rings is 1. The Morgan fingerprint density at radius 2 is 2.00 bits per heavy atom. The second-order valence-corrected chi connectivity index (χ2v) is 8.22. The van der Waals surface area contributed by atoms with E-state index in [-0.39, 0.29) is 10.0 Å². The molecule has 0 radical (unpaired) electrons. The predicted molar refractivity (Wildman–Crippen MR) is 90.1 cm³/mol. The van der Waals surface area contributed by atoms with Crippen LogP contribution in [0.4, 0.5) is 11.6 Å². The second kappa shape index (κ2) is 7.06. The van der Waals surface area contributed by atoms with Crippen LogP contribution in [0.2, 0.25) is 0 Å². The average molecular weight is 340 g/mol. The number of aromatic nitrogens is 2. The molecule has 0 aromatic carbocycles. The lowest BCUT2D eigenvalue weighted by molar-refractivity contribution is 0.603.